The lowest BCUT2D eigenvalue weighted by Crippen LogP contribution is -1.86. The van der Waals surface area contributed by atoms with Gasteiger partial charge in [0.2, 0.25) is 0 Å². The molecule has 0 amide bonds. The van der Waals surface area contributed by atoms with E-state index in [1.807, 2.05) is 25.1 Å². The lowest BCUT2D eigenvalue weighted by atomic mass is 10.3. The van der Waals surface area contributed by atoms with Crippen LogP contribution in [0.5, 0.6) is 17.6 Å². The topological polar surface area (TPSA) is 44.5 Å². The third-order valence-electron chi connectivity index (χ3n) is 1.84. The number of benzene rings is 1. The number of nitrogens with zero attached hydrogens (tertiary/aromatic N) is 1. The molecule has 0 N–H and O–H groups in total. The van der Waals surface area contributed by atoms with Gasteiger partial charge in [-0.05, 0) is 19.1 Å². The number of hydrogen-bond donors (Lipinski definition) is 0. The molecular weight excluding hydrogens is 194 g/mol. The number of hydrogen-bond acceptors (Lipinski definition) is 4. The van der Waals surface area contributed by atoms with Crippen molar-refractivity contribution in [2.75, 3.05) is 7.11 Å². The lowest BCUT2D eigenvalue weighted by molar-refractivity contribution is 0.328. The zero-order chi connectivity index (χ0) is 10.7. The van der Waals surface area contributed by atoms with E-state index in [0.29, 0.717) is 5.75 Å². The minimum absolute atomic E-state index is 0.237. The summed E-state index contributed by atoms with van der Waals surface area (Å²) in [6, 6.07) is 7.25. The molecule has 0 fully saturated rings. The highest BCUT2D eigenvalue weighted by molar-refractivity contribution is 5.34. The molecular formula is C11H11NO3. The molecule has 0 aliphatic rings. The van der Waals surface area contributed by atoms with Crippen molar-refractivity contribution in [2.24, 2.45) is 0 Å². The molecule has 0 saturated carbocycles. The van der Waals surface area contributed by atoms with Gasteiger partial charge >= 0.3 is 6.08 Å². The van der Waals surface area contributed by atoms with Crippen molar-refractivity contribution in [2.45, 2.75) is 6.92 Å². The highest BCUT2D eigenvalue weighted by Gasteiger charge is 2.03. The van der Waals surface area contributed by atoms with Gasteiger partial charge in [0.05, 0.1) is 12.8 Å². The third kappa shape index (κ3) is 2.28. The Hall–Kier alpha value is -1.97. The van der Waals surface area contributed by atoms with Crippen molar-refractivity contribution in [1.82, 2.24) is 4.98 Å². The van der Waals surface area contributed by atoms with Crippen LogP contribution in [-0.2, 0) is 0 Å². The largest absolute Gasteiger partial charge is 0.497 e. The summed E-state index contributed by atoms with van der Waals surface area (Å²) >= 11 is 0. The predicted octanol–water partition coefficient (Wildman–Crippen LogP) is 2.78. The van der Waals surface area contributed by atoms with Crippen LogP contribution in [0.2, 0.25) is 0 Å². The van der Waals surface area contributed by atoms with Crippen LogP contribution in [0.1, 0.15) is 5.69 Å². The average molecular weight is 205 g/mol. The average Bonchev–Trinajstić information content (AvgIpc) is 2.64. The van der Waals surface area contributed by atoms with Crippen LogP contribution in [0.25, 0.3) is 0 Å². The molecule has 4 heteroatoms. The van der Waals surface area contributed by atoms with Crippen LogP contribution in [-0.4, -0.2) is 12.1 Å². The molecule has 0 radical (unpaired) electrons. The van der Waals surface area contributed by atoms with Crippen molar-refractivity contribution in [3.05, 3.63) is 36.2 Å². The second-order valence-electron chi connectivity index (χ2n) is 3.04. The van der Waals surface area contributed by atoms with E-state index in [1.165, 1.54) is 6.26 Å². The van der Waals surface area contributed by atoms with E-state index >= 15 is 0 Å². The minimum atomic E-state index is 0.237. The molecule has 0 bridgehead atoms. The summed E-state index contributed by atoms with van der Waals surface area (Å²) < 4.78 is 15.5. The van der Waals surface area contributed by atoms with Crippen LogP contribution in [0, 0.1) is 6.92 Å². The van der Waals surface area contributed by atoms with Gasteiger partial charge in [-0.3, -0.25) is 0 Å². The molecule has 0 saturated heterocycles. The van der Waals surface area contributed by atoms with Crippen LogP contribution >= 0.6 is 0 Å². The van der Waals surface area contributed by atoms with E-state index in [9.17, 15) is 0 Å². The number of methoxy groups -OCH3 is 1. The zero-order valence-electron chi connectivity index (χ0n) is 8.56. The van der Waals surface area contributed by atoms with E-state index in [1.54, 1.807) is 13.2 Å². The Kier molecular flexibility index (Phi) is 2.58. The fraction of sp³-hybridized carbons (Fsp3) is 0.182. The van der Waals surface area contributed by atoms with Crippen molar-refractivity contribution in [3.8, 4) is 17.6 Å². The summed E-state index contributed by atoms with van der Waals surface area (Å²) in [4.78, 5) is 4.03. The Bertz CT molecular complexity index is 451. The smallest absolute Gasteiger partial charge is 0.399 e. The summed E-state index contributed by atoms with van der Waals surface area (Å²) in [6.07, 6.45) is 1.77. The van der Waals surface area contributed by atoms with Crippen molar-refractivity contribution < 1.29 is 13.9 Å². The second kappa shape index (κ2) is 4.04. The zero-order valence-corrected chi connectivity index (χ0v) is 8.56. The van der Waals surface area contributed by atoms with E-state index in [-0.39, 0.29) is 6.08 Å². The third-order valence-corrected chi connectivity index (χ3v) is 1.84. The maximum absolute atomic E-state index is 5.38. The lowest BCUT2D eigenvalue weighted by Gasteiger charge is -2.02. The molecule has 0 aliphatic heterocycles. The van der Waals surface area contributed by atoms with Crippen molar-refractivity contribution in [1.29, 1.82) is 0 Å². The molecule has 15 heavy (non-hydrogen) atoms. The monoisotopic (exact) mass is 205 g/mol. The molecule has 1 aromatic carbocycles. The van der Waals surface area contributed by atoms with Crippen molar-refractivity contribution in [3.63, 3.8) is 0 Å². The van der Waals surface area contributed by atoms with Gasteiger partial charge in [-0.15, -0.1) is 0 Å². The molecule has 0 spiro atoms. The number of ether oxygens (including phenoxy) is 2. The molecule has 2 rings (SSSR count). The highest BCUT2D eigenvalue weighted by Crippen LogP contribution is 2.24. The first kappa shape index (κ1) is 9.58. The first-order valence-electron chi connectivity index (χ1n) is 4.52. The van der Waals surface area contributed by atoms with E-state index in [4.69, 9.17) is 13.9 Å². The summed E-state index contributed by atoms with van der Waals surface area (Å²) in [7, 11) is 1.61. The Morgan fingerprint density at radius 2 is 2.07 bits per heavy atom. The summed E-state index contributed by atoms with van der Waals surface area (Å²) in [5.74, 6) is 1.37. The van der Waals surface area contributed by atoms with E-state index in [0.717, 1.165) is 11.4 Å². The Labute approximate surface area is 87.5 Å². The molecule has 1 heterocycles. The van der Waals surface area contributed by atoms with Gasteiger partial charge in [-0.1, -0.05) is 6.07 Å². The van der Waals surface area contributed by atoms with Gasteiger partial charge < -0.3 is 13.9 Å². The second-order valence-corrected chi connectivity index (χ2v) is 3.04. The van der Waals surface area contributed by atoms with Crippen LogP contribution < -0.4 is 9.47 Å². The Morgan fingerprint density at radius 1 is 1.27 bits per heavy atom. The fourth-order valence-electron chi connectivity index (χ4n) is 1.14. The maximum Gasteiger partial charge on any atom is 0.399 e. The van der Waals surface area contributed by atoms with Gasteiger partial charge in [-0.25, -0.2) is 0 Å². The normalized spacial score (nSPS) is 10.0. The van der Waals surface area contributed by atoms with Crippen LogP contribution in [0.4, 0.5) is 0 Å². The first-order valence-corrected chi connectivity index (χ1v) is 4.52. The van der Waals surface area contributed by atoms with Gasteiger partial charge in [0.25, 0.3) is 0 Å². The number of oxazole rings is 1. The van der Waals surface area contributed by atoms with E-state index < -0.39 is 0 Å². The summed E-state index contributed by atoms with van der Waals surface area (Å²) in [6.45, 7) is 1.84. The van der Waals surface area contributed by atoms with Gasteiger partial charge in [0.15, 0.2) is 0 Å². The molecule has 0 atom stereocenters. The molecule has 78 valence electrons. The van der Waals surface area contributed by atoms with Gasteiger partial charge in [0.1, 0.15) is 17.8 Å². The summed E-state index contributed by atoms with van der Waals surface area (Å²) in [5.41, 5.74) is 0.785. The Morgan fingerprint density at radius 3 is 2.73 bits per heavy atom. The number of aromatic nitrogens is 1. The van der Waals surface area contributed by atoms with Crippen molar-refractivity contribution >= 4 is 0 Å². The van der Waals surface area contributed by atoms with Gasteiger partial charge in [0, 0.05) is 6.07 Å². The SMILES string of the molecule is COc1cccc(Oc2nc(C)co2)c1. The Balaban J connectivity index is 2.16. The highest BCUT2D eigenvalue weighted by atomic mass is 16.6. The molecule has 0 unspecified atom stereocenters. The predicted molar refractivity (Wildman–Crippen MR) is 54.3 cm³/mol. The quantitative estimate of drug-likeness (QED) is 0.772. The number of aryl methyl sites for hydroxylation is 1. The molecule has 0 aliphatic carbocycles. The van der Waals surface area contributed by atoms with E-state index in [2.05, 4.69) is 4.98 Å². The standard InChI is InChI=1S/C11H11NO3/c1-8-7-14-11(12-8)15-10-5-3-4-9(6-10)13-2/h3-7H,1-2H3. The summed E-state index contributed by atoms with van der Waals surface area (Å²) in [5, 5.41) is 0. The molecule has 4 nitrogen and oxygen atoms in total. The fourth-order valence-corrected chi connectivity index (χ4v) is 1.14. The van der Waals surface area contributed by atoms with Gasteiger partial charge in [-0.2, -0.15) is 4.98 Å². The van der Waals surface area contributed by atoms with Crippen LogP contribution in [0.3, 0.4) is 0 Å². The molecule has 2 aromatic rings. The maximum atomic E-state index is 5.38. The molecule has 1 aromatic heterocycles. The minimum Gasteiger partial charge on any atom is -0.497 e. The first-order chi connectivity index (χ1) is 7.28. The number of rotatable bonds is 3. The van der Waals surface area contributed by atoms with Crippen LogP contribution in [0.15, 0.2) is 34.9 Å².